The maximum absolute atomic E-state index is 11.4. The van der Waals surface area contributed by atoms with E-state index in [0.717, 1.165) is 0 Å². The zero-order chi connectivity index (χ0) is 12.6. The van der Waals surface area contributed by atoms with Crippen molar-refractivity contribution in [1.29, 1.82) is 0 Å². The van der Waals surface area contributed by atoms with E-state index in [9.17, 15) is 14.7 Å². The molecule has 5 nitrogen and oxygen atoms in total. The van der Waals surface area contributed by atoms with E-state index >= 15 is 0 Å². The Morgan fingerprint density at radius 1 is 1.50 bits per heavy atom. The summed E-state index contributed by atoms with van der Waals surface area (Å²) in [5.74, 6) is 0.922. The van der Waals surface area contributed by atoms with Gasteiger partial charge in [0.15, 0.2) is 0 Å². The van der Waals surface area contributed by atoms with Gasteiger partial charge in [-0.2, -0.15) is 0 Å². The van der Waals surface area contributed by atoms with Gasteiger partial charge in [-0.15, -0.1) is 0 Å². The summed E-state index contributed by atoms with van der Waals surface area (Å²) in [6.45, 7) is 0. The second-order valence-corrected chi connectivity index (χ2v) is 6.05. The van der Waals surface area contributed by atoms with Gasteiger partial charge in [0.2, 0.25) is 0 Å². The summed E-state index contributed by atoms with van der Waals surface area (Å²) in [5.41, 5.74) is 0. The van der Waals surface area contributed by atoms with Gasteiger partial charge in [-0.1, -0.05) is 0 Å². The van der Waals surface area contributed by atoms with Crippen LogP contribution in [0.4, 0.5) is 0 Å². The molecule has 0 aliphatic heterocycles. The Morgan fingerprint density at radius 2 is 2.12 bits per heavy atom. The van der Waals surface area contributed by atoms with E-state index in [1.54, 1.807) is 0 Å². The molecule has 3 N–H and O–H groups in total. The molecule has 0 aliphatic carbocycles. The molecule has 2 atom stereocenters. The summed E-state index contributed by atoms with van der Waals surface area (Å²) in [7, 11) is 0. The van der Waals surface area contributed by atoms with Crippen molar-refractivity contribution in [1.82, 2.24) is 5.32 Å². The number of nitrogens with one attached hydrogen (secondary N) is 1. The van der Waals surface area contributed by atoms with Gasteiger partial charge in [-0.3, -0.25) is 0 Å². The molecule has 0 rings (SSSR count). The van der Waals surface area contributed by atoms with Crippen LogP contribution < -0.4 is 5.32 Å². The number of aliphatic carboxylic acids is 1. The van der Waals surface area contributed by atoms with Crippen molar-refractivity contribution in [3.05, 3.63) is 0 Å². The summed E-state index contributed by atoms with van der Waals surface area (Å²) in [5, 5.41) is 21.0. The first kappa shape index (κ1) is 15.8. The van der Waals surface area contributed by atoms with Gasteiger partial charge in [0, 0.05) is 0 Å². The molecule has 0 aliphatic rings. The zero-order valence-electron chi connectivity index (χ0n) is 9.30. The van der Waals surface area contributed by atoms with Crippen LogP contribution in [0.1, 0.15) is 6.42 Å². The van der Waals surface area contributed by atoms with Crippen LogP contribution in [-0.4, -0.2) is 61.2 Å². The predicted molar refractivity (Wildman–Crippen MR) is 65.0 cm³/mol. The number of carbonyl (C=O) groups is 2. The van der Waals surface area contributed by atoms with Crippen molar-refractivity contribution >= 4 is 38.6 Å². The number of aliphatic hydroxyl groups is 1. The molecule has 7 heteroatoms. The van der Waals surface area contributed by atoms with Gasteiger partial charge in [-0.25, -0.2) is 0 Å². The van der Waals surface area contributed by atoms with E-state index in [1.165, 1.54) is 11.8 Å². The van der Waals surface area contributed by atoms with Crippen molar-refractivity contribution in [2.24, 2.45) is 0 Å². The van der Waals surface area contributed by atoms with Crippen LogP contribution in [0.3, 0.4) is 0 Å². The van der Waals surface area contributed by atoms with Crippen molar-refractivity contribution in [2.45, 2.75) is 29.7 Å². The first-order valence-electron chi connectivity index (χ1n) is 4.72. The molecule has 0 spiro atoms. The molecule has 0 bridgehead atoms. The molecule has 0 aromatic heterocycles. The van der Waals surface area contributed by atoms with Crippen LogP contribution in [0.25, 0.3) is 0 Å². The van der Waals surface area contributed by atoms with E-state index in [2.05, 4.69) is 5.32 Å². The van der Waals surface area contributed by atoms with Crippen molar-refractivity contribution in [3.63, 3.8) is 0 Å². The topological polar surface area (TPSA) is 86.6 Å². The van der Waals surface area contributed by atoms with Gasteiger partial charge in [-0.05, 0) is 0 Å². The summed E-state index contributed by atoms with van der Waals surface area (Å²) in [4.78, 5) is 22.2. The van der Waals surface area contributed by atoms with Gasteiger partial charge in [0.1, 0.15) is 0 Å². The first-order valence-corrected chi connectivity index (χ1v) is 9.03. The number of hydrogen-bond acceptors (Lipinski definition) is 4. The standard InChI is InChI=1S/C9H17NO4SSe/c1-15-4-3-6(9(13)14)10-8(12)7(11)5-16-2/h6-7,11H,3-5H2,1-2H3,(H,10,12)(H,13,14). The Kier molecular flexibility index (Phi) is 8.74. The minimum atomic E-state index is -1.08. The van der Waals surface area contributed by atoms with E-state index in [0.29, 0.717) is 17.5 Å². The number of hydrogen-bond donors (Lipinski definition) is 3. The van der Waals surface area contributed by atoms with E-state index < -0.39 is 24.0 Å². The molecule has 0 aromatic rings. The Labute approximate surface area is 106 Å². The number of carboxylic acids is 1. The Bertz CT molecular complexity index is 240. The Hall–Kier alpha value is -0.231. The predicted octanol–water partition coefficient (Wildman–Crippen LogP) is -0.160. The monoisotopic (exact) mass is 315 g/mol. The van der Waals surface area contributed by atoms with Crippen LogP contribution in [0.2, 0.25) is 11.1 Å². The van der Waals surface area contributed by atoms with E-state index in [4.69, 9.17) is 5.11 Å². The fraction of sp³-hybridized carbons (Fsp3) is 0.778. The number of carbonyl (C=O) groups excluding carboxylic acids is 1. The molecule has 1 amide bonds. The molecule has 16 heavy (non-hydrogen) atoms. The number of amides is 1. The number of thioether (sulfide) groups is 1. The second kappa shape index (κ2) is 8.87. The van der Waals surface area contributed by atoms with Crippen molar-refractivity contribution in [2.75, 3.05) is 12.0 Å². The molecule has 0 aromatic carbocycles. The fourth-order valence-electron chi connectivity index (χ4n) is 0.995. The third-order valence-electron chi connectivity index (χ3n) is 1.85. The molecule has 0 fully saturated rings. The molecule has 2 unspecified atom stereocenters. The number of rotatable bonds is 8. The van der Waals surface area contributed by atoms with Crippen molar-refractivity contribution in [3.8, 4) is 0 Å². The van der Waals surface area contributed by atoms with Crippen LogP contribution in [-0.2, 0) is 9.59 Å². The summed E-state index contributed by atoms with van der Waals surface area (Å²) < 4.78 is 0. The van der Waals surface area contributed by atoms with Gasteiger partial charge in [0.25, 0.3) is 0 Å². The van der Waals surface area contributed by atoms with Gasteiger partial charge in [0.05, 0.1) is 0 Å². The SMILES string of the molecule is CSCCC(NC(=O)C(O)C[Se]C)C(=O)O. The van der Waals surface area contributed by atoms with Gasteiger partial charge < -0.3 is 0 Å². The van der Waals surface area contributed by atoms with Crippen molar-refractivity contribution < 1.29 is 19.8 Å². The van der Waals surface area contributed by atoms with Crippen LogP contribution >= 0.6 is 11.8 Å². The minimum absolute atomic E-state index is 0.189. The summed E-state index contributed by atoms with van der Waals surface area (Å²) in [6.07, 6.45) is 1.16. The molecular weight excluding hydrogens is 297 g/mol. The number of aliphatic hydroxyl groups excluding tert-OH is 1. The van der Waals surface area contributed by atoms with E-state index in [-0.39, 0.29) is 15.0 Å². The average molecular weight is 314 g/mol. The van der Waals surface area contributed by atoms with E-state index in [1.807, 2.05) is 12.1 Å². The molecule has 0 saturated heterocycles. The molecule has 0 heterocycles. The van der Waals surface area contributed by atoms with Gasteiger partial charge >= 0.3 is 105 Å². The molecule has 0 radical (unpaired) electrons. The maximum atomic E-state index is 11.4. The first-order chi connectivity index (χ1) is 7.52. The molecule has 94 valence electrons. The normalized spacial score (nSPS) is 14.2. The third kappa shape index (κ3) is 6.37. The van der Waals surface area contributed by atoms with Crippen LogP contribution in [0, 0.1) is 0 Å². The average Bonchev–Trinajstić information content (AvgIpc) is 2.23. The summed E-state index contributed by atoms with van der Waals surface area (Å²) >= 11 is 1.71. The third-order valence-corrected chi connectivity index (χ3v) is 3.86. The fourth-order valence-corrected chi connectivity index (χ4v) is 2.45. The molecule has 0 saturated carbocycles. The second-order valence-electron chi connectivity index (χ2n) is 3.15. The van der Waals surface area contributed by atoms with Crippen LogP contribution in [0.5, 0.6) is 0 Å². The number of carboxylic acid groups (broad SMARTS) is 1. The Morgan fingerprint density at radius 3 is 2.56 bits per heavy atom. The summed E-state index contributed by atoms with van der Waals surface area (Å²) in [6, 6.07) is -0.904. The zero-order valence-corrected chi connectivity index (χ0v) is 11.8. The Balaban J connectivity index is 4.17. The molecular formula is C9H17NO4SSe. The quantitative estimate of drug-likeness (QED) is 0.542. The van der Waals surface area contributed by atoms with Crippen LogP contribution in [0.15, 0.2) is 0 Å².